The van der Waals surface area contributed by atoms with Crippen molar-refractivity contribution in [3.63, 3.8) is 0 Å². The fraction of sp³-hybridized carbons (Fsp3) is 0.846. The summed E-state index contributed by atoms with van der Waals surface area (Å²) >= 11 is 0. The van der Waals surface area contributed by atoms with E-state index in [0.29, 0.717) is 0 Å². The molecule has 5 nitrogen and oxygen atoms in total. The Morgan fingerprint density at radius 2 is 2.17 bits per heavy atom. The standard InChI is InChI=1S/C13H26N4O/c1-6-13(4,18-8-3)11(14-5)9-12-15-10-16-17(12)7-2/h10-11,14H,6-9H2,1-5H3. The molecule has 0 aliphatic carbocycles. The zero-order chi connectivity index (χ0) is 13.6. The predicted molar refractivity (Wildman–Crippen MR) is 72.6 cm³/mol. The molecule has 1 N–H and O–H groups in total. The molecular weight excluding hydrogens is 228 g/mol. The van der Waals surface area contributed by atoms with E-state index in [1.165, 1.54) is 0 Å². The van der Waals surface area contributed by atoms with Crippen LogP contribution in [0.3, 0.4) is 0 Å². The van der Waals surface area contributed by atoms with Crippen LogP contribution in [0.1, 0.15) is 39.9 Å². The van der Waals surface area contributed by atoms with Crippen LogP contribution in [0.15, 0.2) is 6.33 Å². The molecule has 0 saturated carbocycles. The fourth-order valence-corrected chi connectivity index (χ4v) is 2.29. The van der Waals surface area contributed by atoms with Crippen LogP contribution in [-0.2, 0) is 17.7 Å². The average molecular weight is 254 g/mol. The van der Waals surface area contributed by atoms with Gasteiger partial charge in [0.1, 0.15) is 12.2 Å². The van der Waals surface area contributed by atoms with Crippen molar-refractivity contribution in [3.8, 4) is 0 Å². The van der Waals surface area contributed by atoms with Crippen LogP contribution < -0.4 is 5.32 Å². The lowest BCUT2D eigenvalue weighted by molar-refractivity contribution is -0.0539. The minimum absolute atomic E-state index is 0.173. The maximum atomic E-state index is 5.93. The monoisotopic (exact) mass is 254 g/mol. The van der Waals surface area contributed by atoms with Crippen LogP contribution in [0.25, 0.3) is 0 Å². The van der Waals surface area contributed by atoms with E-state index in [1.807, 2.05) is 18.7 Å². The van der Waals surface area contributed by atoms with Gasteiger partial charge in [0, 0.05) is 25.6 Å². The molecule has 0 radical (unpaired) electrons. The summed E-state index contributed by atoms with van der Waals surface area (Å²) in [6, 6.07) is 0.233. The van der Waals surface area contributed by atoms with E-state index in [0.717, 1.165) is 31.8 Å². The highest BCUT2D eigenvalue weighted by atomic mass is 16.5. The van der Waals surface area contributed by atoms with E-state index in [2.05, 4.69) is 36.2 Å². The van der Waals surface area contributed by atoms with Crippen LogP contribution in [0.2, 0.25) is 0 Å². The van der Waals surface area contributed by atoms with Crippen molar-refractivity contribution in [2.45, 2.75) is 58.7 Å². The number of hydrogen-bond donors (Lipinski definition) is 1. The van der Waals surface area contributed by atoms with Gasteiger partial charge in [0.15, 0.2) is 0 Å². The third kappa shape index (κ3) is 3.29. The van der Waals surface area contributed by atoms with Gasteiger partial charge < -0.3 is 10.1 Å². The van der Waals surface area contributed by atoms with Crippen LogP contribution in [0, 0.1) is 0 Å². The van der Waals surface area contributed by atoms with E-state index < -0.39 is 0 Å². The fourth-order valence-electron chi connectivity index (χ4n) is 2.29. The number of rotatable bonds is 8. The third-order valence-electron chi connectivity index (χ3n) is 3.64. The third-order valence-corrected chi connectivity index (χ3v) is 3.64. The molecule has 1 aromatic heterocycles. The molecule has 0 bridgehead atoms. The lowest BCUT2D eigenvalue weighted by atomic mass is 9.90. The summed E-state index contributed by atoms with van der Waals surface area (Å²) in [7, 11) is 1.98. The summed E-state index contributed by atoms with van der Waals surface area (Å²) in [5.74, 6) is 1.01. The van der Waals surface area contributed by atoms with Crippen molar-refractivity contribution in [2.75, 3.05) is 13.7 Å². The van der Waals surface area contributed by atoms with Gasteiger partial charge in [-0.15, -0.1) is 0 Å². The molecular formula is C13H26N4O. The zero-order valence-electron chi connectivity index (χ0n) is 12.2. The molecule has 0 saturated heterocycles. The Labute approximate surface area is 110 Å². The largest absolute Gasteiger partial charge is 0.374 e. The van der Waals surface area contributed by atoms with Gasteiger partial charge in [0.2, 0.25) is 0 Å². The van der Waals surface area contributed by atoms with Crippen LogP contribution in [0.4, 0.5) is 0 Å². The molecule has 0 spiro atoms. The first-order valence-corrected chi connectivity index (χ1v) is 6.79. The number of aryl methyl sites for hydroxylation is 1. The molecule has 0 aromatic carbocycles. The Morgan fingerprint density at radius 1 is 1.44 bits per heavy atom. The van der Waals surface area contributed by atoms with Gasteiger partial charge in [-0.05, 0) is 34.2 Å². The molecule has 0 aliphatic rings. The number of hydrogen-bond acceptors (Lipinski definition) is 4. The second-order valence-electron chi connectivity index (χ2n) is 4.64. The average Bonchev–Trinajstić information content (AvgIpc) is 2.83. The molecule has 18 heavy (non-hydrogen) atoms. The highest BCUT2D eigenvalue weighted by Gasteiger charge is 2.33. The zero-order valence-corrected chi connectivity index (χ0v) is 12.2. The highest BCUT2D eigenvalue weighted by molar-refractivity contribution is 4.97. The molecule has 1 aromatic rings. The van der Waals surface area contributed by atoms with Crippen molar-refractivity contribution in [2.24, 2.45) is 0 Å². The SMILES string of the molecule is CCOC(C)(CC)C(Cc1ncnn1CC)NC. The quantitative estimate of drug-likeness (QED) is 0.766. The van der Waals surface area contributed by atoms with Crippen molar-refractivity contribution < 1.29 is 4.74 Å². The lowest BCUT2D eigenvalue weighted by Gasteiger charge is -2.36. The van der Waals surface area contributed by atoms with Gasteiger partial charge in [-0.1, -0.05) is 6.92 Å². The van der Waals surface area contributed by atoms with Gasteiger partial charge in [-0.25, -0.2) is 4.98 Å². The molecule has 0 fully saturated rings. The molecule has 1 heterocycles. The summed E-state index contributed by atoms with van der Waals surface area (Å²) in [5.41, 5.74) is -0.173. The summed E-state index contributed by atoms with van der Waals surface area (Å²) in [6.07, 6.45) is 3.41. The maximum Gasteiger partial charge on any atom is 0.138 e. The van der Waals surface area contributed by atoms with Gasteiger partial charge in [0.25, 0.3) is 0 Å². The summed E-state index contributed by atoms with van der Waals surface area (Å²) in [4.78, 5) is 4.34. The Balaban J connectivity index is 2.83. The first-order valence-electron chi connectivity index (χ1n) is 6.79. The minimum atomic E-state index is -0.173. The van der Waals surface area contributed by atoms with E-state index in [1.54, 1.807) is 6.33 Å². The van der Waals surface area contributed by atoms with Crippen molar-refractivity contribution in [1.29, 1.82) is 0 Å². The number of ether oxygens (including phenoxy) is 1. The van der Waals surface area contributed by atoms with E-state index in [9.17, 15) is 0 Å². The lowest BCUT2D eigenvalue weighted by Crippen LogP contribution is -2.50. The van der Waals surface area contributed by atoms with E-state index in [-0.39, 0.29) is 11.6 Å². The Bertz CT molecular complexity index is 353. The molecule has 0 aliphatic heterocycles. The summed E-state index contributed by atoms with van der Waals surface area (Å²) in [5, 5.41) is 7.57. The van der Waals surface area contributed by atoms with Crippen molar-refractivity contribution >= 4 is 0 Å². The molecule has 2 atom stereocenters. The second kappa shape index (κ2) is 6.85. The van der Waals surface area contributed by atoms with E-state index >= 15 is 0 Å². The Kier molecular flexibility index (Phi) is 5.75. The van der Waals surface area contributed by atoms with Gasteiger partial charge >= 0.3 is 0 Å². The van der Waals surface area contributed by atoms with Crippen LogP contribution >= 0.6 is 0 Å². The van der Waals surface area contributed by atoms with Gasteiger partial charge in [0.05, 0.1) is 5.60 Å². The topological polar surface area (TPSA) is 52.0 Å². The maximum absolute atomic E-state index is 5.93. The number of aromatic nitrogens is 3. The Morgan fingerprint density at radius 3 is 2.67 bits per heavy atom. The highest BCUT2D eigenvalue weighted by Crippen LogP contribution is 2.22. The molecule has 0 amide bonds. The molecule has 2 unspecified atom stereocenters. The minimum Gasteiger partial charge on any atom is -0.374 e. The number of nitrogens with one attached hydrogen (secondary N) is 1. The number of likely N-dealkylation sites (N-methyl/N-ethyl adjacent to an activating group) is 1. The Hall–Kier alpha value is -0.940. The smallest absolute Gasteiger partial charge is 0.138 e. The van der Waals surface area contributed by atoms with Gasteiger partial charge in [-0.3, -0.25) is 4.68 Å². The molecule has 1 rings (SSSR count). The van der Waals surface area contributed by atoms with E-state index in [4.69, 9.17) is 4.74 Å². The van der Waals surface area contributed by atoms with Crippen LogP contribution in [0.5, 0.6) is 0 Å². The first-order chi connectivity index (χ1) is 8.61. The van der Waals surface area contributed by atoms with Crippen molar-refractivity contribution in [1.82, 2.24) is 20.1 Å². The van der Waals surface area contributed by atoms with Crippen molar-refractivity contribution in [3.05, 3.63) is 12.2 Å². The molecule has 104 valence electrons. The normalized spacial score (nSPS) is 16.5. The van der Waals surface area contributed by atoms with Gasteiger partial charge in [-0.2, -0.15) is 5.10 Å². The molecule has 5 heteroatoms. The predicted octanol–water partition coefficient (Wildman–Crippen LogP) is 1.63. The summed E-state index contributed by atoms with van der Waals surface area (Å²) in [6.45, 7) is 10.0. The number of nitrogens with zero attached hydrogens (tertiary/aromatic N) is 3. The summed E-state index contributed by atoms with van der Waals surface area (Å²) < 4.78 is 7.87. The first kappa shape index (κ1) is 15.1. The second-order valence-corrected chi connectivity index (χ2v) is 4.64. The van der Waals surface area contributed by atoms with Crippen LogP contribution in [-0.4, -0.2) is 40.1 Å².